The van der Waals surface area contributed by atoms with Gasteiger partial charge in [0, 0.05) is 34.0 Å². The Hall–Kier alpha value is -4.14. The van der Waals surface area contributed by atoms with Crippen molar-refractivity contribution in [1.29, 1.82) is 10.5 Å². The molecular weight excluding hydrogens is 468 g/mol. The highest BCUT2D eigenvalue weighted by molar-refractivity contribution is 7.16. The highest BCUT2D eigenvalue weighted by Gasteiger charge is 2.43. The van der Waals surface area contributed by atoms with Gasteiger partial charge in [0.25, 0.3) is 0 Å². The average Bonchev–Trinajstić information content (AvgIpc) is 3.26. The first-order valence-electron chi connectivity index (χ1n) is 12.2. The van der Waals surface area contributed by atoms with Crippen LogP contribution in [0.5, 0.6) is 0 Å². The van der Waals surface area contributed by atoms with Crippen molar-refractivity contribution in [3.8, 4) is 12.1 Å². The molecule has 0 spiro atoms. The molecule has 4 N–H and O–H groups in total. The van der Waals surface area contributed by atoms with E-state index in [4.69, 9.17) is 16.5 Å². The number of benzene rings is 1. The van der Waals surface area contributed by atoms with Crippen LogP contribution in [0.25, 0.3) is 0 Å². The number of aryl methyl sites for hydroxylation is 1. The molecule has 0 fully saturated rings. The van der Waals surface area contributed by atoms with E-state index < -0.39 is 5.92 Å². The van der Waals surface area contributed by atoms with Crippen LogP contribution in [0.3, 0.4) is 0 Å². The highest BCUT2D eigenvalue weighted by Crippen LogP contribution is 2.55. The zero-order valence-electron chi connectivity index (χ0n) is 19.7. The molecular formula is C28H24N6OS. The van der Waals surface area contributed by atoms with E-state index in [-0.39, 0.29) is 22.9 Å². The maximum absolute atomic E-state index is 13.6. The Balaban J connectivity index is 1.72. The van der Waals surface area contributed by atoms with Gasteiger partial charge in [-0.1, -0.05) is 30.3 Å². The lowest BCUT2D eigenvalue weighted by Gasteiger charge is -2.40. The Morgan fingerprint density at radius 1 is 0.972 bits per heavy atom. The Morgan fingerprint density at radius 2 is 1.72 bits per heavy atom. The molecule has 0 bridgehead atoms. The van der Waals surface area contributed by atoms with Gasteiger partial charge in [-0.15, -0.1) is 11.3 Å². The molecule has 1 aromatic carbocycles. The van der Waals surface area contributed by atoms with Crippen molar-refractivity contribution in [2.45, 2.75) is 50.9 Å². The first-order chi connectivity index (χ1) is 17.5. The minimum absolute atomic E-state index is 0.0524. The number of rotatable bonds is 2. The van der Waals surface area contributed by atoms with E-state index in [0.717, 1.165) is 53.9 Å². The van der Waals surface area contributed by atoms with Gasteiger partial charge in [0.2, 0.25) is 0 Å². The fraction of sp³-hybridized carbons (Fsp3) is 0.286. The SMILES string of the molecule is N#Cc1c(N)nc2c(c1N)[C@H](c1ccccc1)C1=C(CCCC1=O)N2c1sc2c(c1C#N)CCCC2. The smallest absolute Gasteiger partial charge is 0.161 e. The van der Waals surface area contributed by atoms with Gasteiger partial charge in [-0.25, -0.2) is 4.98 Å². The van der Waals surface area contributed by atoms with Crippen LogP contribution in [-0.4, -0.2) is 10.8 Å². The summed E-state index contributed by atoms with van der Waals surface area (Å²) in [4.78, 5) is 21.5. The maximum Gasteiger partial charge on any atom is 0.161 e. The second-order valence-corrected chi connectivity index (χ2v) is 10.5. The number of nitrogens with two attached hydrogens (primary N) is 2. The highest BCUT2D eigenvalue weighted by atomic mass is 32.1. The summed E-state index contributed by atoms with van der Waals surface area (Å²) in [5.74, 6) is 0.175. The Labute approximate surface area is 213 Å². The minimum Gasteiger partial charge on any atom is -0.397 e. The summed E-state index contributed by atoms with van der Waals surface area (Å²) in [6.07, 6.45) is 5.82. The van der Waals surface area contributed by atoms with E-state index in [1.54, 1.807) is 11.3 Å². The van der Waals surface area contributed by atoms with Gasteiger partial charge in [0.1, 0.15) is 34.3 Å². The van der Waals surface area contributed by atoms with Gasteiger partial charge in [0.15, 0.2) is 5.78 Å². The second-order valence-electron chi connectivity index (χ2n) is 9.45. The number of ketones is 1. The zero-order valence-corrected chi connectivity index (χ0v) is 20.5. The van der Waals surface area contributed by atoms with Crippen molar-refractivity contribution in [2.24, 2.45) is 0 Å². The lowest BCUT2D eigenvalue weighted by atomic mass is 9.74. The molecule has 2 aromatic heterocycles. The Bertz CT molecular complexity index is 1540. The number of aromatic nitrogens is 1. The monoisotopic (exact) mass is 492 g/mol. The van der Waals surface area contributed by atoms with E-state index in [2.05, 4.69) is 12.1 Å². The van der Waals surface area contributed by atoms with E-state index in [1.165, 1.54) is 4.88 Å². The van der Waals surface area contributed by atoms with Crippen molar-refractivity contribution in [3.05, 3.63) is 74.3 Å². The number of hydrogen-bond acceptors (Lipinski definition) is 8. The van der Waals surface area contributed by atoms with Crippen molar-refractivity contribution < 1.29 is 4.79 Å². The quantitative estimate of drug-likeness (QED) is 0.501. The predicted molar refractivity (Wildman–Crippen MR) is 140 cm³/mol. The number of carbonyl (C=O) groups is 1. The minimum atomic E-state index is -0.458. The summed E-state index contributed by atoms with van der Waals surface area (Å²) in [5, 5.41) is 20.9. The summed E-state index contributed by atoms with van der Waals surface area (Å²) in [6, 6.07) is 14.3. The number of allylic oxidation sites excluding steroid dienone is 2. The van der Waals surface area contributed by atoms with Crippen LogP contribution in [0.1, 0.15) is 70.7 Å². The molecule has 0 amide bonds. The molecule has 6 rings (SSSR count). The number of anilines is 4. The van der Waals surface area contributed by atoms with Crippen LogP contribution in [0, 0.1) is 22.7 Å². The number of carbonyl (C=O) groups excluding carboxylic acids is 1. The standard InChI is InChI=1S/C28H24N6OS/c29-13-17-16-9-4-5-12-21(16)36-28(17)34-19-10-6-11-20(35)23(19)22(15-7-2-1-3-8-15)24-25(31)18(14-30)26(32)33-27(24)34/h1-3,7-8,22H,4-6,9-12H2,(H4,31,32,33)/t22-/m1/s1. The number of Topliss-reactive ketones (excluding diaryl/α,β-unsaturated/α-hetero) is 1. The van der Waals surface area contributed by atoms with Gasteiger partial charge in [-0.05, 0) is 49.7 Å². The van der Waals surface area contributed by atoms with E-state index in [1.807, 2.05) is 35.2 Å². The first kappa shape index (κ1) is 22.3. The van der Waals surface area contributed by atoms with E-state index in [0.29, 0.717) is 35.4 Å². The summed E-state index contributed by atoms with van der Waals surface area (Å²) < 4.78 is 0. The largest absolute Gasteiger partial charge is 0.397 e. The van der Waals surface area contributed by atoms with Gasteiger partial charge in [-0.3, -0.25) is 9.69 Å². The molecule has 0 radical (unpaired) electrons. The number of fused-ring (bicyclic) bond motifs is 2. The molecule has 1 atom stereocenters. The van der Waals surface area contributed by atoms with Gasteiger partial charge >= 0.3 is 0 Å². The number of thiophene rings is 1. The van der Waals surface area contributed by atoms with E-state index >= 15 is 0 Å². The lowest BCUT2D eigenvalue weighted by Crippen LogP contribution is -2.34. The molecule has 7 nitrogen and oxygen atoms in total. The number of hydrogen-bond donors (Lipinski definition) is 2. The molecule has 3 aliphatic rings. The topological polar surface area (TPSA) is 133 Å². The zero-order chi connectivity index (χ0) is 25.0. The van der Waals surface area contributed by atoms with E-state index in [9.17, 15) is 15.3 Å². The molecule has 2 aliphatic carbocycles. The van der Waals surface area contributed by atoms with Crippen molar-refractivity contribution in [2.75, 3.05) is 16.4 Å². The Morgan fingerprint density at radius 3 is 2.47 bits per heavy atom. The normalized spacial score (nSPS) is 18.7. The summed E-state index contributed by atoms with van der Waals surface area (Å²) >= 11 is 1.60. The van der Waals surface area contributed by atoms with Crippen molar-refractivity contribution in [1.82, 2.24) is 4.98 Å². The predicted octanol–water partition coefficient (Wildman–Crippen LogP) is 5.22. The lowest BCUT2D eigenvalue weighted by molar-refractivity contribution is -0.116. The van der Waals surface area contributed by atoms with Crippen LogP contribution in [0.15, 0.2) is 41.6 Å². The summed E-state index contributed by atoms with van der Waals surface area (Å²) in [6.45, 7) is 0. The fourth-order valence-electron chi connectivity index (χ4n) is 5.90. The molecule has 3 heterocycles. The third-order valence-corrected chi connectivity index (χ3v) is 8.76. The van der Waals surface area contributed by atoms with Gasteiger partial charge in [-0.2, -0.15) is 10.5 Å². The number of pyridine rings is 1. The molecule has 0 unspecified atom stereocenters. The van der Waals surface area contributed by atoms with Gasteiger partial charge in [0.05, 0.1) is 11.3 Å². The van der Waals surface area contributed by atoms with Crippen molar-refractivity contribution in [3.63, 3.8) is 0 Å². The molecule has 36 heavy (non-hydrogen) atoms. The fourth-order valence-corrected chi connectivity index (χ4v) is 7.26. The molecule has 3 aromatic rings. The maximum atomic E-state index is 13.6. The Kier molecular flexibility index (Phi) is 5.28. The molecule has 8 heteroatoms. The first-order valence-corrected chi connectivity index (χ1v) is 13.0. The number of nitriles is 2. The van der Waals surface area contributed by atoms with Crippen LogP contribution in [-0.2, 0) is 17.6 Å². The average molecular weight is 493 g/mol. The van der Waals surface area contributed by atoms with Crippen LogP contribution in [0.2, 0.25) is 0 Å². The summed E-state index contributed by atoms with van der Waals surface area (Å²) in [7, 11) is 0. The molecule has 178 valence electrons. The number of nitrogens with zero attached hydrogens (tertiary/aromatic N) is 4. The van der Waals surface area contributed by atoms with Crippen LogP contribution >= 0.6 is 11.3 Å². The van der Waals surface area contributed by atoms with Gasteiger partial charge < -0.3 is 11.5 Å². The van der Waals surface area contributed by atoms with Crippen LogP contribution < -0.4 is 16.4 Å². The third-order valence-electron chi connectivity index (χ3n) is 7.48. The molecule has 0 saturated carbocycles. The number of nitrogen functional groups attached to an aromatic ring is 2. The molecule has 1 aliphatic heterocycles. The second kappa shape index (κ2) is 8.51. The van der Waals surface area contributed by atoms with Crippen molar-refractivity contribution >= 4 is 39.4 Å². The third kappa shape index (κ3) is 3.15. The summed E-state index contributed by atoms with van der Waals surface area (Å²) in [5.41, 5.74) is 18.1. The molecule has 0 saturated heterocycles. The van der Waals surface area contributed by atoms with Crippen LogP contribution in [0.4, 0.5) is 22.3 Å².